The average molecular weight is 384 g/mol. The van der Waals surface area contributed by atoms with Gasteiger partial charge in [0, 0.05) is 29.4 Å². The maximum atomic E-state index is 11.8. The van der Waals surface area contributed by atoms with Crippen molar-refractivity contribution in [1.82, 2.24) is 10.3 Å². The van der Waals surface area contributed by atoms with Crippen LogP contribution in [0.3, 0.4) is 0 Å². The van der Waals surface area contributed by atoms with E-state index in [1.54, 1.807) is 36.7 Å². The van der Waals surface area contributed by atoms with Gasteiger partial charge in [-0.25, -0.2) is 0 Å². The summed E-state index contributed by atoms with van der Waals surface area (Å²) >= 11 is 6.19. The zero-order chi connectivity index (χ0) is 18.3. The smallest absolute Gasteiger partial charge is 0.263 e. The fraction of sp³-hybridized carbons (Fsp3) is 0.0556. The van der Waals surface area contributed by atoms with Crippen molar-refractivity contribution >= 4 is 51.3 Å². The van der Waals surface area contributed by atoms with E-state index in [1.165, 1.54) is 18.9 Å². The van der Waals surface area contributed by atoms with E-state index in [9.17, 15) is 9.90 Å². The standard InChI is InChI=1S/C18H12N2O4S2/c1-23-14-5-9(2-3-13(14)21)12-8-19-7-10-4-11(24-16(10)12)6-15-17(22)20-18(25)26-15/h2-8,21H,1H3,(H,20,22,25)/b15-6-. The first-order valence-corrected chi connectivity index (χ1v) is 8.77. The Morgan fingerprint density at radius 2 is 2.19 bits per heavy atom. The third-order valence-electron chi connectivity index (χ3n) is 3.85. The van der Waals surface area contributed by atoms with Crippen molar-refractivity contribution < 1.29 is 19.1 Å². The summed E-state index contributed by atoms with van der Waals surface area (Å²) in [5.41, 5.74) is 2.18. The molecule has 0 atom stereocenters. The summed E-state index contributed by atoms with van der Waals surface area (Å²) < 4.78 is 11.5. The van der Waals surface area contributed by atoms with Crippen molar-refractivity contribution in [2.75, 3.05) is 7.11 Å². The number of fused-ring (bicyclic) bond motifs is 1. The molecule has 0 spiro atoms. The first kappa shape index (κ1) is 16.6. The second-order valence-corrected chi connectivity index (χ2v) is 7.21. The quantitative estimate of drug-likeness (QED) is 0.526. The molecular weight excluding hydrogens is 372 g/mol. The van der Waals surface area contributed by atoms with Gasteiger partial charge < -0.3 is 19.6 Å². The molecule has 1 aliphatic heterocycles. The minimum Gasteiger partial charge on any atom is -0.504 e. The highest BCUT2D eigenvalue weighted by Gasteiger charge is 2.23. The summed E-state index contributed by atoms with van der Waals surface area (Å²) in [6.45, 7) is 0. The lowest BCUT2D eigenvalue weighted by Crippen LogP contribution is -2.17. The topological polar surface area (TPSA) is 84.6 Å². The van der Waals surface area contributed by atoms with Crippen LogP contribution in [-0.4, -0.2) is 27.4 Å². The molecule has 1 amide bonds. The number of carbonyl (C=O) groups excluding carboxylic acids is 1. The molecule has 0 aliphatic carbocycles. The molecule has 1 saturated heterocycles. The van der Waals surface area contributed by atoms with E-state index in [0.29, 0.717) is 26.3 Å². The lowest BCUT2D eigenvalue weighted by molar-refractivity contribution is -0.115. The van der Waals surface area contributed by atoms with Crippen LogP contribution in [-0.2, 0) is 4.79 Å². The van der Waals surface area contributed by atoms with E-state index in [2.05, 4.69) is 10.3 Å². The molecule has 130 valence electrons. The van der Waals surface area contributed by atoms with Crippen LogP contribution in [0, 0.1) is 0 Å². The number of hydrogen-bond donors (Lipinski definition) is 2. The average Bonchev–Trinajstić information content (AvgIpc) is 3.17. The van der Waals surface area contributed by atoms with E-state index in [1.807, 2.05) is 6.07 Å². The number of amides is 1. The lowest BCUT2D eigenvalue weighted by atomic mass is 10.1. The van der Waals surface area contributed by atoms with E-state index in [-0.39, 0.29) is 11.7 Å². The summed E-state index contributed by atoms with van der Waals surface area (Å²) in [6.07, 6.45) is 5.02. The summed E-state index contributed by atoms with van der Waals surface area (Å²) in [5, 5.41) is 13.2. The van der Waals surface area contributed by atoms with Crippen molar-refractivity contribution in [1.29, 1.82) is 0 Å². The van der Waals surface area contributed by atoms with E-state index in [0.717, 1.165) is 16.5 Å². The molecule has 4 rings (SSSR count). The molecule has 0 radical (unpaired) electrons. The molecule has 1 fully saturated rings. The summed E-state index contributed by atoms with van der Waals surface area (Å²) in [7, 11) is 1.49. The molecular formula is C18H12N2O4S2. The van der Waals surface area contributed by atoms with Gasteiger partial charge in [-0.05, 0) is 23.8 Å². The van der Waals surface area contributed by atoms with Gasteiger partial charge in [0.25, 0.3) is 5.91 Å². The van der Waals surface area contributed by atoms with Gasteiger partial charge in [-0.15, -0.1) is 0 Å². The number of carbonyl (C=O) groups is 1. The van der Waals surface area contributed by atoms with Crippen LogP contribution in [0.5, 0.6) is 11.5 Å². The second kappa shape index (κ2) is 6.47. The number of aromatic hydroxyl groups is 1. The number of benzene rings is 1. The van der Waals surface area contributed by atoms with E-state index in [4.69, 9.17) is 21.4 Å². The van der Waals surface area contributed by atoms with Gasteiger partial charge >= 0.3 is 0 Å². The number of phenols is 1. The highest BCUT2D eigenvalue weighted by Crippen LogP contribution is 2.36. The molecule has 0 bridgehead atoms. The molecule has 3 aromatic rings. The number of aromatic nitrogens is 1. The fourth-order valence-corrected chi connectivity index (χ4v) is 3.68. The van der Waals surface area contributed by atoms with Crippen molar-refractivity contribution in [2.45, 2.75) is 0 Å². The van der Waals surface area contributed by atoms with Crippen LogP contribution >= 0.6 is 24.0 Å². The van der Waals surface area contributed by atoms with E-state index >= 15 is 0 Å². The lowest BCUT2D eigenvalue weighted by Gasteiger charge is -2.07. The number of nitrogens with one attached hydrogen (secondary N) is 1. The van der Waals surface area contributed by atoms with Gasteiger partial charge in [0.15, 0.2) is 11.5 Å². The Morgan fingerprint density at radius 3 is 2.92 bits per heavy atom. The van der Waals surface area contributed by atoms with Gasteiger partial charge in [-0.1, -0.05) is 30.0 Å². The number of phenolic OH excluding ortho intramolecular Hbond substituents is 1. The van der Waals surface area contributed by atoms with Crippen molar-refractivity contribution in [3.8, 4) is 22.6 Å². The Bertz CT molecular complexity index is 1090. The predicted molar refractivity (Wildman–Crippen MR) is 104 cm³/mol. The minimum absolute atomic E-state index is 0.0569. The van der Waals surface area contributed by atoms with E-state index < -0.39 is 0 Å². The van der Waals surface area contributed by atoms with Crippen LogP contribution in [0.15, 0.2) is 46.0 Å². The van der Waals surface area contributed by atoms with Gasteiger partial charge in [0.1, 0.15) is 15.7 Å². The Labute approximate surface area is 157 Å². The molecule has 26 heavy (non-hydrogen) atoms. The highest BCUT2D eigenvalue weighted by molar-refractivity contribution is 8.26. The summed E-state index contributed by atoms with van der Waals surface area (Å²) in [5.74, 6) is 0.715. The Kier molecular flexibility index (Phi) is 4.14. The number of nitrogens with zero attached hydrogens (tertiary/aromatic N) is 1. The van der Waals surface area contributed by atoms with Gasteiger partial charge in [-0.3, -0.25) is 9.78 Å². The predicted octanol–water partition coefficient (Wildman–Crippen LogP) is 3.70. The van der Waals surface area contributed by atoms with Crippen molar-refractivity contribution in [3.63, 3.8) is 0 Å². The number of ether oxygens (including phenoxy) is 1. The fourth-order valence-electron chi connectivity index (χ4n) is 2.65. The molecule has 0 saturated carbocycles. The number of rotatable bonds is 3. The zero-order valence-electron chi connectivity index (χ0n) is 13.5. The highest BCUT2D eigenvalue weighted by atomic mass is 32.2. The summed E-state index contributed by atoms with van der Waals surface area (Å²) in [6, 6.07) is 6.84. The zero-order valence-corrected chi connectivity index (χ0v) is 15.1. The van der Waals surface area contributed by atoms with Crippen LogP contribution in [0.1, 0.15) is 5.76 Å². The maximum absolute atomic E-state index is 11.8. The van der Waals surface area contributed by atoms with Crippen molar-refractivity contribution in [2.24, 2.45) is 0 Å². The second-order valence-electron chi connectivity index (χ2n) is 5.49. The molecule has 3 heterocycles. The first-order chi connectivity index (χ1) is 12.5. The summed E-state index contributed by atoms with van der Waals surface area (Å²) in [4.78, 5) is 16.5. The first-order valence-electron chi connectivity index (χ1n) is 7.55. The molecule has 2 aromatic heterocycles. The number of methoxy groups -OCH3 is 1. The van der Waals surface area contributed by atoms with Crippen LogP contribution < -0.4 is 10.1 Å². The maximum Gasteiger partial charge on any atom is 0.263 e. The van der Waals surface area contributed by atoms with Gasteiger partial charge in [-0.2, -0.15) is 0 Å². The van der Waals surface area contributed by atoms with Crippen LogP contribution in [0.2, 0.25) is 0 Å². The number of pyridine rings is 1. The third-order valence-corrected chi connectivity index (χ3v) is 5.01. The monoisotopic (exact) mass is 384 g/mol. The number of thioether (sulfide) groups is 1. The molecule has 1 aromatic carbocycles. The van der Waals surface area contributed by atoms with Gasteiger partial charge in [0.2, 0.25) is 0 Å². The molecule has 1 aliphatic rings. The SMILES string of the molecule is COc1cc(-c2cncc3cc(/C=C4\SC(=S)NC4=O)oc23)ccc1O. The van der Waals surface area contributed by atoms with Gasteiger partial charge in [0.05, 0.1) is 12.0 Å². The molecule has 0 unspecified atom stereocenters. The largest absolute Gasteiger partial charge is 0.504 e. The molecule has 6 nitrogen and oxygen atoms in total. The Morgan fingerprint density at radius 1 is 1.35 bits per heavy atom. The minimum atomic E-state index is -0.234. The van der Waals surface area contributed by atoms with Crippen LogP contribution in [0.4, 0.5) is 0 Å². The van der Waals surface area contributed by atoms with Crippen molar-refractivity contribution in [3.05, 3.63) is 47.3 Å². The van der Waals surface area contributed by atoms with Crippen LogP contribution in [0.25, 0.3) is 28.2 Å². The third kappa shape index (κ3) is 2.93. The number of thiocarbonyl (C=S) groups is 1. The molecule has 8 heteroatoms. The normalized spacial score (nSPS) is 15.7. The molecule has 2 N–H and O–H groups in total. The Balaban J connectivity index is 1.81. The number of hydrogen-bond acceptors (Lipinski definition) is 7. The number of furan rings is 1. The Hall–Kier alpha value is -2.84.